The monoisotopic (exact) mass is 350 g/mol. The lowest BCUT2D eigenvalue weighted by Crippen LogP contribution is -2.37. The molecular formula is C17H20BrFN2. The van der Waals surface area contributed by atoms with Gasteiger partial charge >= 0.3 is 0 Å². The van der Waals surface area contributed by atoms with E-state index < -0.39 is 0 Å². The summed E-state index contributed by atoms with van der Waals surface area (Å²) >= 11 is 3.37. The minimum atomic E-state index is -0.179. The molecule has 0 heterocycles. The molecular weight excluding hydrogens is 331 g/mol. The van der Waals surface area contributed by atoms with Gasteiger partial charge < -0.3 is 0 Å². The van der Waals surface area contributed by atoms with Crippen LogP contribution in [-0.2, 0) is 12.8 Å². The average molecular weight is 351 g/mol. The Balaban J connectivity index is 1.87. The van der Waals surface area contributed by atoms with E-state index in [4.69, 9.17) is 5.84 Å². The van der Waals surface area contributed by atoms with Crippen molar-refractivity contribution < 1.29 is 4.39 Å². The maximum absolute atomic E-state index is 13.8. The number of rotatable bonds is 7. The number of nitrogens with two attached hydrogens (primary N) is 1. The second-order valence-corrected chi connectivity index (χ2v) is 6.10. The van der Waals surface area contributed by atoms with E-state index >= 15 is 0 Å². The maximum atomic E-state index is 13.8. The van der Waals surface area contributed by atoms with E-state index in [0.29, 0.717) is 12.0 Å². The number of halogens is 2. The van der Waals surface area contributed by atoms with Gasteiger partial charge in [-0.3, -0.25) is 11.3 Å². The van der Waals surface area contributed by atoms with Crippen LogP contribution in [-0.4, -0.2) is 6.04 Å². The van der Waals surface area contributed by atoms with E-state index in [1.54, 1.807) is 6.07 Å². The Bertz CT molecular complexity index is 560. The number of hydrogen-bond acceptors (Lipinski definition) is 2. The van der Waals surface area contributed by atoms with Crippen LogP contribution in [0.2, 0.25) is 0 Å². The topological polar surface area (TPSA) is 38.0 Å². The molecule has 0 aliphatic heterocycles. The Labute approximate surface area is 133 Å². The van der Waals surface area contributed by atoms with Crippen LogP contribution in [0.3, 0.4) is 0 Å². The van der Waals surface area contributed by atoms with Crippen molar-refractivity contribution in [2.75, 3.05) is 0 Å². The molecule has 0 aliphatic carbocycles. The highest BCUT2D eigenvalue weighted by Gasteiger charge is 2.11. The lowest BCUT2D eigenvalue weighted by Gasteiger charge is -2.16. The summed E-state index contributed by atoms with van der Waals surface area (Å²) in [5, 5.41) is 0. The predicted molar refractivity (Wildman–Crippen MR) is 88.3 cm³/mol. The molecule has 3 N–H and O–H groups in total. The standard InChI is InChI=1S/C17H20BrFN2/c18-15-9-10-17(19)14(11-15)12-16(21-20)8-4-7-13-5-2-1-3-6-13/h1-3,5-6,9-11,16,21H,4,7-8,12,20H2. The fourth-order valence-corrected chi connectivity index (χ4v) is 2.82. The second-order valence-electron chi connectivity index (χ2n) is 5.18. The number of benzene rings is 2. The minimum absolute atomic E-state index is 0.0810. The van der Waals surface area contributed by atoms with Crippen molar-refractivity contribution in [2.24, 2.45) is 5.84 Å². The number of hydrazine groups is 1. The summed E-state index contributed by atoms with van der Waals surface area (Å²) in [5.74, 6) is 5.42. The smallest absolute Gasteiger partial charge is 0.126 e. The van der Waals surface area contributed by atoms with Crippen LogP contribution in [0.4, 0.5) is 4.39 Å². The van der Waals surface area contributed by atoms with E-state index in [1.165, 1.54) is 11.6 Å². The molecule has 0 radical (unpaired) electrons. The third-order valence-electron chi connectivity index (χ3n) is 3.57. The van der Waals surface area contributed by atoms with Gasteiger partial charge in [0.05, 0.1) is 0 Å². The summed E-state index contributed by atoms with van der Waals surface area (Å²) in [6, 6.07) is 15.4. The first-order chi connectivity index (χ1) is 10.2. The number of aryl methyl sites for hydroxylation is 1. The molecule has 1 atom stereocenters. The van der Waals surface area contributed by atoms with Gasteiger partial charge in [-0.2, -0.15) is 0 Å². The van der Waals surface area contributed by atoms with E-state index in [1.807, 2.05) is 24.3 Å². The van der Waals surface area contributed by atoms with Gasteiger partial charge in [0.25, 0.3) is 0 Å². The molecule has 0 amide bonds. The summed E-state index contributed by atoms with van der Waals surface area (Å²) in [4.78, 5) is 0. The highest BCUT2D eigenvalue weighted by Crippen LogP contribution is 2.18. The lowest BCUT2D eigenvalue weighted by atomic mass is 9.99. The van der Waals surface area contributed by atoms with Crippen molar-refractivity contribution in [2.45, 2.75) is 31.7 Å². The normalized spacial score (nSPS) is 12.3. The first-order valence-corrected chi connectivity index (χ1v) is 7.92. The first-order valence-electron chi connectivity index (χ1n) is 7.13. The Morgan fingerprint density at radius 3 is 2.62 bits per heavy atom. The summed E-state index contributed by atoms with van der Waals surface area (Å²) in [6.45, 7) is 0. The van der Waals surface area contributed by atoms with Crippen molar-refractivity contribution >= 4 is 15.9 Å². The Kier molecular flexibility index (Phi) is 6.36. The van der Waals surface area contributed by atoms with E-state index in [-0.39, 0.29) is 11.9 Å². The fourth-order valence-electron chi connectivity index (χ4n) is 2.41. The Hall–Kier alpha value is -1.23. The predicted octanol–water partition coefficient (Wildman–Crippen LogP) is 3.99. The molecule has 1 unspecified atom stereocenters. The SMILES string of the molecule is NNC(CCCc1ccccc1)Cc1cc(Br)ccc1F. The van der Waals surface area contributed by atoms with E-state index in [2.05, 4.69) is 33.5 Å². The van der Waals surface area contributed by atoms with Gasteiger partial charge in [0.1, 0.15) is 5.82 Å². The largest absolute Gasteiger partial charge is 0.271 e. The molecule has 2 aromatic carbocycles. The summed E-state index contributed by atoms with van der Waals surface area (Å²) in [5.41, 5.74) is 4.81. The number of hydrogen-bond donors (Lipinski definition) is 2. The average Bonchev–Trinajstić information content (AvgIpc) is 2.51. The second kappa shape index (κ2) is 8.27. The van der Waals surface area contributed by atoms with Gasteiger partial charge in [-0.15, -0.1) is 0 Å². The maximum Gasteiger partial charge on any atom is 0.126 e. The van der Waals surface area contributed by atoms with E-state index in [9.17, 15) is 4.39 Å². The molecule has 0 aromatic heterocycles. The fraction of sp³-hybridized carbons (Fsp3) is 0.294. The highest BCUT2D eigenvalue weighted by molar-refractivity contribution is 9.10. The Morgan fingerprint density at radius 1 is 1.14 bits per heavy atom. The molecule has 0 bridgehead atoms. The summed E-state index contributed by atoms with van der Waals surface area (Å²) in [7, 11) is 0. The van der Waals surface area contributed by atoms with Crippen LogP contribution in [0.25, 0.3) is 0 Å². The van der Waals surface area contributed by atoms with Gasteiger partial charge in [-0.25, -0.2) is 4.39 Å². The van der Waals surface area contributed by atoms with Crippen molar-refractivity contribution in [3.8, 4) is 0 Å². The third kappa shape index (κ3) is 5.23. The molecule has 0 saturated carbocycles. The zero-order chi connectivity index (χ0) is 15.1. The molecule has 4 heteroatoms. The van der Waals surface area contributed by atoms with Gasteiger partial charge in [0.2, 0.25) is 0 Å². The number of nitrogens with one attached hydrogen (secondary N) is 1. The quantitative estimate of drug-likeness (QED) is 0.585. The Morgan fingerprint density at radius 2 is 1.90 bits per heavy atom. The van der Waals surface area contributed by atoms with Crippen LogP contribution in [0.1, 0.15) is 24.0 Å². The lowest BCUT2D eigenvalue weighted by molar-refractivity contribution is 0.467. The van der Waals surface area contributed by atoms with Crippen molar-refractivity contribution in [1.29, 1.82) is 0 Å². The summed E-state index contributed by atoms with van der Waals surface area (Å²) in [6.07, 6.45) is 3.54. The third-order valence-corrected chi connectivity index (χ3v) is 4.06. The van der Waals surface area contributed by atoms with Crippen LogP contribution >= 0.6 is 15.9 Å². The molecule has 2 aromatic rings. The molecule has 0 spiro atoms. The van der Waals surface area contributed by atoms with Crippen LogP contribution in [0.5, 0.6) is 0 Å². The van der Waals surface area contributed by atoms with Crippen LogP contribution < -0.4 is 11.3 Å². The first kappa shape index (κ1) is 16.1. The molecule has 21 heavy (non-hydrogen) atoms. The van der Waals surface area contributed by atoms with Crippen molar-refractivity contribution in [3.63, 3.8) is 0 Å². The molecule has 0 fully saturated rings. The van der Waals surface area contributed by atoms with Crippen LogP contribution in [0, 0.1) is 5.82 Å². The zero-order valence-corrected chi connectivity index (χ0v) is 13.4. The molecule has 0 aliphatic rings. The van der Waals surface area contributed by atoms with Crippen molar-refractivity contribution in [1.82, 2.24) is 5.43 Å². The molecule has 2 rings (SSSR count). The van der Waals surface area contributed by atoms with Gasteiger partial charge in [-0.05, 0) is 55.0 Å². The van der Waals surface area contributed by atoms with Crippen LogP contribution in [0.15, 0.2) is 53.0 Å². The highest BCUT2D eigenvalue weighted by atomic mass is 79.9. The summed E-state index contributed by atoms with van der Waals surface area (Å²) < 4.78 is 14.7. The van der Waals surface area contributed by atoms with E-state index in [0.717, 1.165) is 23.7 Å². The van der Waals surface area contributed by atoms with Gasteiger partial charge in [0, 0.05) is 10.5 Å². The van der Waals surface area contributed by atoms with Gasteiger partial charge in [-0.1, -0.05) is 46.3 Å². The molecule has 2 nitrogen and oxygen atoms in total. The van der Waals surface area contributed by atoms with Crippen molar-refractivity contribution in [3.05, 3.63) is 69.9 Å². The molecule has 112 valence electrons. The van der Waals surface area contributed by atoms with Gasteiger partial charge in [0.15, 0.2) is 0 Å². The molecule has 0 saturated heterocycles. The zero-order valence-electron chi connectivity index (χ0n) is 11.9. The minimum Gasteiger partial charge on any atom is -0.271 e.